The monoisotopic (exact) mass is 350 g/mol. The van der Waals surface area contributed by atoms with Crippen LogP contribution in [0.25, 0.3) is 0 Å². The molecule has 4 rings (SSSR count). The van der Waals surface area contributed by atoms with E-state index in [-0.39, 0.29) is 5.82 Å². The first kappa shape index (κ1) is 17.2. The summed E-state index contributed by atoms with van der Waals surface area (Å²) in [6.45, 7) is 2.54. The van der Waals surface area contributed by atoms with Crippen LogP contribution in [0, 0.1) is 23.1 Å². The molecule has 1 N–H and O–H groups in total. The van der Waals surface area contributed by atoms with E-state index in [0.29, 0.717) is 12.2 Å². The number of nitrogens with zero attached hydrogens (tertiary/aromatic N) is 1. The number of benzene rings is 2. The minimum absolute atomic E-state index is 0.243. The maximum atomic E-state index is 13.4. The summed E-state index contributed by atoms with van der Waals surface area (Å²) in [5.41, 5.74) is 3.22. The second-order valence-corrected chi connectivity index (χ2v) is 7.36. The number of rotatable bonds is 7. The Morgan fingerprint density at radius 3 is 2.73 bits per heavy atom. The third kappa shape index (κ3) is 3.38. The molecule has 1 aliphatic carbocycles. The van der Waals surface area contributed by atoms with Crippen molar-refractivity contribution < 1.29 is 9.13 Å². The zero-order chi connectivity index (χ0) is 18.0. The van der Waals surface area contributed by atoms with Gasteiger partial charge in [-0.1, -0.05) is 18.2 Å². The van der Waals surface area contributed by atoms with Gasteiger partial charge in [0.2, 0.25) is 0 Å². The highest BCUT2D eigenvalue weighted by molar-refractivity contribution is 5.47. The molecule has 0 spiro atoms. The van der Waals surface area contributed by atoms with Crippen molar-refractivity contribution in [3.05, 3.63) is 70.5 Å². The van der Waals surface area contributed by atoms with Gasteiger partial charge in [0.1, 0.15) is 11.4 Å². The molecule has 0 amide bonds. The van der Waals surface area contributed by atoms with Crippen molar-refractivity contribution in [2.45, 2.75) is 37.9 Å². The zero-order valence-corrected chi connectivity index (χ0v) is 14.8. The maximum Gasteiger partial charge on any atom is 0.123 e. The van der Waals surface area contributed by atoms with E-state index in [0.717, 1.165) is 48.5 Å². The van der Waals surface area contributed by atoms with Crippen molar-refractivity contribution >= 4 is 0 Å². The van der Waals surface area contributed by atoms with E-state index in [1.807, 2.05) is 30.3 Å². The SMILES string of the molecule is N#Cc1ccc2c(c1)CO[C@@]2(CCCNCC1CC1)c1ccc(F)cc1. The van der Waals surface area contributed by atoms with Crippen LogP contribution in [0.1, 0.15) is 47.9 Å². The molecule has 2 aromatic carbocycles. The van der Waals surface area contributed by atoms with Crippen molar-refractivity contribution in [3.63, 3.8) is 0 Å². The van der Waals surface area contributed by atoms with Gasteiger partial charge in [-0.25, -0.2) is 4.39 Å². The first-order chi connectivity index (χ1) is 12.7. The van der Waals surface area contributed by atoms with Crippen LogP contribution in [-0.4, -0.2) is 13.1 Å². The average molecular weight is 350 g/mol. The Bertz CT molecular complexity index is 823. The van der Waals surface area contributed by atoms with E-state index in [1.54, 1.807) is 0 Å². The van der Waals surface area contributed by atoms with E-state index in [1.165, 1.54) is 25.0 Å². The smallest absolute Gasteiger partial charge is 0.123 e. The predicted molar refractivity (Wildman–Crippen MR) is 98.0 cm³/mol. The van der Waals surface area contributed by atoms with Gasteiger partial charge in [-0.2, -0.15) is 5.26 Å². The molecule has 0 radical (unpaired) electrons. The van der Waals surface area contributed by atoms with Crippen LogP contribution in [0.15, 0.2) is 42.5 Å². The Hall–Kier alpha value is -2.22. The molecule has 1 aliphatic heterocycles. The molecule has 0 aromatic heterocycles. The van der Waals surface area contributed by atoms with Crippen molar-refractivity contribution in [3.8, 4) is 6.07 Å². The summed E-state index contributed by atoms with van der Waals surface area (Å²) in [6.07, 6.45) is 4.51. The number of ether oxygens (including phenoxy) is 1. The standard InChI is InChI=1S/C22H23FN2O/c23-20-7-5-19(6-8-20)22(10-1-11-25-14-16-2-3-16)21-9-4-17(13-24)12-18(21)15-26-22/h4-9,12,16,25H,1-3,10-11,14-15H2/t22-/m0/s1. The number of nitrogens with one attached hydrogen (secondary N) is 1. The van der Waals surface area contributed by atoms with Gasteiger partial charge in [-0.3, -0.25) is 0 Å². The number of nitriles is 1. The third-order valence-corrected chi connectivity index (χ3v) is 5.47. The van der Waals surface area contributed by atoms with Crippen LogP contribution in [0.2, 0.25) is 0 Å². The van der Waals surface area contributed by atoms with Crippen molar-refractivity contribution in [2.24, 2.45) is 5.92 Å². The fourth-order valence-electron chi connectivity index (χ4n) is 3.85. The number of fused-ring (bicyclic) bond motifs is 1. The van der Waals surface area contributed by atoms with Crippen LogP contribution in [0.5, 0.6) is 0 Å². The average Bonchev–Trinajstić information content (AvgIpc) is 3.42. The lowest BCUT2D eigenvalue weighted by molar-refractivity contribution is -0.0129. The van der Waals surface area contributed by atoms with Crippen LogP contribution in [-0.2, 0) is 16.9 Å². The van der Waals surface area contributed by atoms with Crippen molar-refractivity contribution in [2.75, 3.05) is 13.1 Å². The van der Waals surface area contributed by atoms with Crippen molar-refractivity contribution in [1.82, 2.24) is 5.32 Å². The van der Waals surface area contributed by atoms with Crippen LogP contribution in [0.4, 0.5) is 4.39 Å². The molecule has 0 bridgehead atoms. The minimum atomic E-state index is -0.557. The first-order valence-corrected chi connectivity index (χ1v) is 9.35. The molecule has 1 heterocycles. The van der Waals surface area contributed by atoms with Crippen LogP contribution in [0.3, 0.4) is 0 Å². The summed E-state index contributed by atoms with van der Waals surface area (Å²) in [4.78, 5) is 0. The molecule has 0 unspecified atom stereocenters. The molecular weight excluding hydrogens is 327 g/mol. The highest BCUT2D eigenvalue weighted by Gasteiger charge is 2.41. The van der Waals surface area contributed by atoms with Gasteiger partial charge >= 0.3 is 0 Å². The highest BCUT2D eigenvalue weighted by atomic mass is 19.1. The number of hydrogen-bond donors (Lipinski definition) is 1. The fraction of sp³-hybridized carbons (Fsp3) is 0.409. The molecular formula is C22H23FN2O. The quantitative estimate of drug-likeness (QED) is 0.759. The van der Waals surface area contributed by atoms with E-state index in [4.69, 9.17) is 10.00 Å². The summed E-state index contributed by atoms with van der Waals surface area (Å²) in [6, 6.07) is 14.6. The normalized spacial score (nSPS) is 21.4. The molecule has 2 aromatic rings. The molecule has 4 heteroatoms. The first-order valence-electron chi connectivity index (χ1n) is 9.35. The number of halogens is 1. The minimum Gasteiger partial charge on any atom is -0.361 e. The van der Waals surface area contributed by atoms with Gasteiger partial charge < -0.3 is 10.1 Å². The summed E-state index contributed by atoms with van der Waals surface area (Å²) >= 11 is 0. The van der Waals surface area contributed by atoms with E-state index < -0.39 is 5.60 Å². The van der Waals surface area contributed by atoms with Gasteiger partial charge in [0.15, 0.2) is 0 Å². The second kappa shape index (κ2) is 7.19. The van der Waals surface area contributed by atoms with Gasteiger partial charge in [0.25, 0.3) is 0 Å². The molecule has 2 aliphatic rings. The summed E-state index contributed by atoms with van der Waals surface area (Å²) in [5.74, 6) is 0.627. The summed E-state index contributed by atoms with van der Waals surface area (Å²) in [5, 5.41) is 12.7. The molecule has 1 fully saturated rings. The molecule has 3 nitrogen and oxygen atoms in total. The van der Waals surface area contributed by atoms with Crippen LogP contribution < -0.4 is 5.32 Å². The third-order valence-electron chi connectivity index (χ3n) is 5.47. The Morgan fingerprint density at radius 2 is 2.00 bits per heavy atom. The van der Waals surface area contributed by atoms with E-state index in [9.17, 15) is 4.39 Å². The van der Waals surface area contributed by atoms with Gasteiger partial charge in [0, 0.05) is 0 Å². The van der Waals surface area contributed by atoms with Crippen molar-refractivity contribution in [1.29, 1.82) is 5.26 Å². The summed E-state index contributed by atoms with van der Waals surface area (Å²) in [7, 11) is 0. The summed E-state index contributed by atoms with van der Waals surface area (Å²) < 4.78 is 19.8. The van der Waals surface area contributed by atoms with Gasteiger partial charge in [-0.15, -0.1) is 0 Å². The Kier molecular flexibility index (Phi) is 4.76. The molecule has 1 atom stereocenters. The van der Waals surface area contributed by atoms with Gasteiger partial charge in [0.05, 0.1) is 18.2 Å². The van der Waals surface area contributed by atoms with E-state index in [2.05, 4.69) is 11.4 Å². The zero-order valence-electron chi connectivity index (χ0n) is 14.8. The number of hydrogen-bond acceptors (Lipinski definition) is 3. The van der Waals surface area contributed by atoms with Crippen LogP contribution >= 0.6 is 0 Å². The fourth-order valence-corrected chi connectivity index (χ4v) is 3.85. The lowest BCUT2D eigenvalue weighted by Crippen LogP contribution is -2.29. The lowest BCUT2D eigenvalue weighted by atomic mass is 9.81. The maximum absolute atomic E-state index is 13.4. The van der Waals surface area contributed by atoms with Gasteiger partial charge in [-0.05, 0) is 85.6 Å². The lowest BCUT2D eigenvalue weighted by Gasteiger charge is -2.30. The highest BCUT2D eigenvalue weighted by Crippen LogP contribution is 2.45. The topological polar surface area (TPSA) is 45.0 Å². The molecule has 0 saturated heterocycles. The Balaban J connectivity index is 1.58. The molecule has 134 valence electrons. The predicted octanol–water partition coefficient (Wildman–Crippen LogP) is 4.25. The van der Waals surface area contributed by atoms with E-state index >= 15 is 0 Å². The molecule has 1 saturated carbocycles. The molecule has 26 heavy (non-hydrogen) atoms. The largest absolute Gasteiger partial charge is 0.361 e. The second-order valence-electron chi connectivity index (χ2n) is 7.36. The Labute approximate surface area is 153 Å². The Morgan fingerprint density at radius 1 is 1.19 bits per heavy atom.